The third-order valence-electron chi connectivity index (χ3n) is 10.9. The van der Waals surface area contributed by atoms with Crippen LogP contribution in [-0.4, -0.2) is 157 Å². The van der Waals surface area contributed by atoms with Crippen molar-refractivity contribution in [2.45, 2.75) is 76.7 Å². The standard InChI is InChI=1S/C16H25NO2.C7H5NO4.C7H7NO2.C6H4N2O4.C6H6N2O2.C6H5NO5S.C6H5NO3.C6H5NO2.Na/c1-2-3-4-5-6-7-8-9-10-14-11-12-15(16(18)19)17-13-14;9-6(10)4-2-1-3-5(8-4)7(11)12;1-5-3-2-4-6(8-5)7(9)10;9-6(10)4-2-1-3-5(7-4)8(11)12;7-5-3-1-2-4(8-5)6(9)10;8-6(9)4-2-1-3-5(7-4)13(10,11)12;8-5-3-1-2-4(7-5)6(9)10;8-6(9)5-3-1-2-4-7-5;/h11-13H,2-10H2,1H3,(H,18,19);1-3H,(H,9,10)(H,11,12);2-4H,1H3,(H,9,10);1-3H,(H,9,10);1-3H,(H2,7,8)(H,9,10);1-3H,(H,8,9)(H,10,11,12);1-3H,(H,7,8)(H,9,10);1-4H,(H,8,9);/q;;;;;;;;+1/p-1. The summed E-state index contributed by atoms with van der Waals surface area (Å²) < 4.78 is 31.2. The molecule has 0 unspecified atom stereocenters. The Morgan fingerprint density at radius 3 is 1.27 bits per heavy atom. The van der Waals surface area contributed by atoms with Gasteiger partial charge in [0, 0.05) is 30.2 Å². The molecule has 0 aliphatic heterocycles. The first-order chi connectivity index (χ1) is 44.8. The van der Waals surface area contributed by atoms with Crippen molar-refractivity contribution in [2.75, 3.05) is 5.73 Å². The molecule has 0 saturated heterocycles. The summed E-state index contributed by atoms with van der Waals surface area (Å²) in [5.74, 6) is -10.5. The maximum atomic E-state index is 10.7. The van der Waals surface area contributed by atoms with E-state index < -0.39 is 90.9 Å². The van der Waals surface area contributed by atoms with Crippen molar-refractivity contribution in [3.05, 3.63) is 235 Å². The van der Waals surface area contributed by atoms with Crippen LogP contribution in [-0.2, 0) is 16.5 Å². The number of hydrogen-bond donors (Lipinski definition) is 11. The number of anilines is 1. The SMILES string of the molecule is CCCCCCCCCCc1ccc(C(=O)O)nc1.Cc1cccc(C(=O)O)n1.Nc1cccc(C(=O)O)n1.O=C(O)c1cccc(=O)[nH]1.O=C(O)c1cccc(C(=O)O)n1.O=C(O)c1cccc(S(=O)(=O)[O-])n1.O=C(O)c1cccc([N+](=O)[O-])n1.O=C(O)c1ccccn1.[Na+]. The van der Waals surface area contributed by atoms with E-state index in [1.165, 1.54) is 130 Å². The predicted octanol–water partition coefficient (Wildman–Crippen LogP) is 4.62. The third kappa shape index (κ3) is 36.4. The van der Waals surface area contributed by atoms with E-state index in [4.69, 9.17) is 51.7 Å². The Morgan fingerprint density at radius 2 is 0.885 bits per heavy atom. The molecule has 0 bridgehead atoms. The number of pyridine rings is 8. The predicted molar refractivity (Wildman–Crippen MR) is 329 cm³/mol. The summed E-state index contributed by atoms with van der Waals surface area (Å²) in [4.78, 5) is 139. The van der Waals surface area contributed by atoms with Gasteiger partial charge in [0.2, 0.25) is 5.56 Å². The van der Waals surface area contributed by atoms with E-state index in [0.717, 1.165) is 41.9 Å². The summed E-state index contributed by atoms with van der Waals surface area (Å²) in [5.41, 5.74) is 5.52. The number of aromatic nitrogens is 8. The van der Waals surface area contributed by atoms with Crippen molar-refractivity contribution in [1.82, 2.24) is 39.9 Å². The largest absolute Gasteiger partial charge is 1.00 e. The molecule has 8 heterocycles. The monoisotopic (exact) mass is 1360 g/mol. The van der Waals surface area contributed by atoms with Crippen molar-refractivity contribution in [3.8, 4) is 0 Å². The number of unbranched alkanes of at least 4 members (excludes halogenated alkanes) is 7. The van der Waals surface area contributed by atoms with Gasteiger partial charge >= 0.3 is 89.1 Å². The molecule has 34 nitrogen and oxygen atoms in total. The molecule has 96 heavy (non-hydrogen) atoms. The van der Waals surface area contributed by atoms with Crippen molar-refractivity contribution in [1.29, 1.82) is 0 Å². The number of carboxylic acids is 9. The fraction of sp³-hybridized carbons (Fsp3) is 0.183. The number of nitrogens with two attached hydrogens (primary N) is 1. The number of nitrogen functional groups attached to an aromatic ring is 1. The van der Waals surface area contributed by atoms with Gasteiger partial charge in [-0.1, -0.05) is 94.3 Å². The summed E-state index contributed by atoms with van der Waals surface area (Å²) in [5, 5.41) is 85.3. The number of aromatic carboxylic acids is 9. The second-order valence-corrected chi connectivity index (χ2v) is 19.5. The van der Waals surface area contributed by atoms with Crippen LogP contribution in [0.15, 0.2) is 162 Å². The minimum absolute atomic E-state index is 0. The molecule has 0 aliphatic rings. The fourth-order valence-corrected chi connectivity index (χ4v) is 6.90. The van der Waals surface area contributed by atoms with Crippen LogP contribution >= 0.6 is 0 Å². The molecule has 0 fully saturated rings. The van der Waals surface area contributed by atoms with E-state index in [0.29, 0.717) is 0 Å². The van der Waals surface area contributed by atoms with Gasteiger partial charge in [0.25, 0.3) is 5.69 Å². The van der Waals surface area contributed by atoms with Crippen LogP contribution in [0.2, 0.25) is 0 Å². The Morgan fingerprint density at radius 1 is 0.469 bits per heavy atom. The molecule has 0 amide bonds. The number of carboxylic acid groups (broad SMARTS) is 9. The van der Waals surface area contributed by atoms with Crippen molar-refractivity contribution >= 4 is 75.5 Å². The summed E-state index contributed by atoms with van der Waals surface area (Å²) >= 11 is 0. The second-order valence-electron chi connectivity index (χ2n) is 18.1. The molecular formula is C60H61N10NaO24S. The number of hydrogen-bond acceptors (Lipinski definition) is 23. The number of aromatic amines is 1. The number of H-pyrrole nitrogens is 1. The van der Waals surface area contributed by atoms with E-state index in [2.05, 4.69) is 46.8 Å². The topological polar surface area (TPSA) is 585 Å². The van der Waals surface area contributed by atoms with Crippen LogP contribution in [0.5, 0.6) is 0 Å². The molecule has 8 aromatic heterocycles. The van der Waals surface area contributed by atoms with Gasteiger partial charge in [0.15, 0.2) is 5.69 Å². The van der Waals surface area contributed by atoms with Gasteiger partial charge in [-0.2, -0.15) is 0 Å². The normalized spacial score (nSPS) is 9.66. The zero-order valence-corrected chi connectivity index (χ0v) is 53.8. The number of nitro groups is 1. The molecule has 0 spiro atoms. The van der Waals surface area contributed by atoms with E-state index in [-0.39, 0.29) is 80.9 Å². The quantitative estimate of drug-likeness (QED) is 0.0163. The Balaban J connectivity index is 0.00000108. The maximum absolute atomic E-state index is 10.7. The van der Waals surface area contributed by atoms with Crippen molar-refractivity contribution < 1.29 is 137 Å². The van der Waals surface area contributed by atoms with Crippen molar-refractivity contribution in [2.24, 2.45) is 0 Å². The van der Waals surface area contributed by atoms with Crippen LogP contribution < -0.4 is 40.9 Å². The average Bonchev–Trinajstić information content (AvgIpc) is 0.909. The van der Waals surface area contributed by atoms with Gasteiger partial charge < -0.3 is 71.3 Å². The van der Waals surface area contributed by atoms with E-state index >= 15 is 0 Å². The number of aryl methyl sites for hydroxylation is 2. The molecule has 8 aromatic rings. The zero-order valence-electron chi connectivity index (χ0n) is 51.0. The maximum Gasteiger partial charge on any atom is 1.00 e. The Bertz CT molecular complexity index is 3870. The first-order valence-corrected chi connectivity index (χ1v) is 28.5. The molecular weight excluding hydrogens is 1300 g/mol. The van der Waals surface area contributed by atoms with Crippen LogP contribution in [0, 0.1) is 17.0 Å². The van der Waals surface area contributed by atoms with Crippen LogP contribution in [0.4, 0.5) is 11.6 Å². The molecule has 502 valence electrons. The minimum atomic E-state index is -4.68. The number of nitrogens with one attached hydrogen (secondary N) is 1. The van der Waals surface area contributed by atoms with Gasteiger partial charge in [0.1, 0.15) is 60.8 Å². The zero-order chi connectivity index (χ0) is 71.6. The summed E-state index contributed by atoms with van der Waals surface area (Å²) in [6.45, 7) is 4.00. The van der Waals surface area contributed by atoms with Crippen LogP contribution in [0.25, 0.3) is 0 Å². The van der Waals surface area contributed by atoms with E-state index in [9.17, 15) is 71.0 Å². The van der Waals surface area contributed by atoms with Crippen LogP contribution in [0.3, 0.4) is 0 Å². The Labute approximate surface area is 566 Å². The molecule has 0 aliphatic carbocycles. The van der Waals surface area contributed by atoms with Gasteiger partial charge in [-0.25, -0.2) is 81.5 Å². The second kappa shape index (κ2) is 45.6. The first kappa shape index (κ1) is 84.3. The number of nitrogens with zero attached hydrogens (tertiary/aromatic N) is 8. The van der Waals surface area contributed by atoms with Gasteiger partial charge in [-0.3, -0.25) is 4.79 Å². The van der Waals surface area contributed by atoms with Gasteiger partial charge in [-0.15, -0.1) is 0 Å². The Hall–Kier alpha value is -11.7. The minimum Gasteiger partial charge on any atom is -0.743 e. The fourth-order valence-electron chi connectivity index (χ4n) is 6.45. The number of rotatable bonds is 20. The Kier molecular flexibility index (Phi) is 40.0. The van der Waals surface area contributed by atoms with Crippen molar-refractivity contribution in [3.63, 3.8) is 0 Å². The molecule has 8 rings (SSSR count). The summed E-state index contributed by atoms with van der Waals surface area (Å²) in [7, 11) is -4.68. The molecule has 36 heteroatoms. The van der Waals surface area contributed by atoms with Crippen LogP contribution in [0.1, 0.15) is 164 Å². The molecule has 0 radical (unpaired) electrons. The number of carbonyl (C=O) groups is 9. The molecule has 0 saturated carbocycles. The molecule has 0 aromatic carbocycles. The summed E-state index contributed by atoms with van der Waals surface area (Å²) in [6.07, 6.45) is 14.6. The van der Waals surface area contributed by atoms with E-state index in [1.807, 2.05) is 6.07 Å². The van der Waals surface area contributed by atoms with E-state index in [1.54, 1.807) is 49.5 Å². The first-order valence-electron chi connectivity index (χ1n) is 27.1. The van der Waals surface area contributed by atoms with Gasteiger partial charge in [-0.05, 0) is 120 Å². The average molecular weight is 1360 g/mol. The smallest absolute Gasteiger partial charge is 0.743 e. The molecule has 12 N–H and O–H groups in total. The van der Waals surface area contributed by atoms with Gasteiger partial charge in [0.05, 0.1) is 0 Å². The molecule has 0 atom stereocenters. The third-order valence-corrected chi connectivity index (χ3v) is 11.6. The summed E-state index contributed by atoms with van der Waals surface area (Å²) in [6, 6.07) is 32.1.